The maximum atomic E-state index is 5.73. The molecule has 1 atom stereocenters. The van der Waals surface area contributed by atoms with Crippen LogP contribution in [0.5, 0.6) is 0 Å². The monoisotopic (exact) mass is 334 g/mol. The first kappa shape index (κ1) is 17.0. The van der Waals surface area contributed by atoms with Gasteiger partial charge in [-0.25, -0.2) is 0 Å². The van der Waals surface area contributed by atoms with Gasteiger partial charge in [-0.15, -0.1) is 0 Å². The summed E-state index contributed by atoms with van der Waals surface area (Å²) >= 11 is 0. The molecule has 3 rings (SSSR count). The zero-order valence-electron chi connectivity index (χ0n) is 14.5. The molecule has 0 bridgehead atoms. The lowest BCUT2D eigenvalue weighted by Crippen LogP contribution is -2.31. The summed E-state index contributed by atoms with van der Waals surface area (Å²) in [5, 5.41) is 0. The van der Waals surface area contributed by atoms with E-state index in [2.05, 4.69) is 17.1 Å². The molecule has 1 aliphatic rings. The van der Waals surface area contributed by atoms with E-state index in [9.17, 15) is 0 Å². The van der Waals surface area contributed by atoms with Gasteiger partial charge in [0, 0.05) is 25.4 Å². The highest BCUT2D eigenvalue weighted by Gasteiger charge is 2.26. The zero-order chi connectivity index (χ0) is 17.7. The second kappa shape index (κ2) is 7.36. The van der Waals surface area contributed by atoms with Gasteiger partial charge in [-0.1, -0.05) is 24.3 Å². The Morgan fingerprint density at radius 3 is 2.16 bits per heavy atom. The molecule has 4 nitrogen and oxygen atoms in total. The summed E-state index contributed by atoms with van der Waals surface area (Å²) in [6, 6.07) is 15.9. The molecule has 128 valence electrons. The van der Waals surface area contributed by atoms with Crippen molar-refractivity contribution in [3.63, 3.8) is 0 Å². The first-order chi connectivity index (χ1) is 12.1. The van der Waals surface area contributed by atoms with E-state index in [-0.39, 0.29) is 0 Å². The Morgan fingerprint density at radius 2 is 1.64 bits per heavy atom. The number of rotatable bonds is 5. The van der Waals surface area contributed by atoms with Gasteiger partial charge in [0.2, 0.25) is 0 Å². The second-order valence-electron chi connectivity index (χ2n) is 5.93. The molecule has 4 heteroatoms. The Balaban J connectivity index is 1.74. The standard InChI is InChI=1S/C21H22N2O2/c1-24-20-11-13-21(25-2,14-12-20)15-23-19-9-5-17(6-10-19)16-3-7-18(22)8-4-16/h3-13,15H,14,22H2,1-2H3. The Kier molecular flexibility index (Phi) is 5.00. The number of hydrogen-bond donors (Lipinski definition) is 1. The molecule has 0 fully saturated rings. The third-order valence-electron chi connectivity index (χ3n) is 4.31. The van der Waals surface area contributed by atoms with E-state index in [1.165, 1.54) is 0 Å². The van der Waals surface area contributed by atoms with E-state index in [1.54, 1.807) is 14.2 Å². The Labute approximate surface area is 148 Å². The first-order valence-corrected chi connectivity index (χ1v) is 8.14. The van der Waals surface area contributed by atoms with Crippen molar-refractivity contribution in [1.29, 1.82) is 0 Å². The van der Waals surface area contributed by atoms with E-state index in [1.807, 2.05) is 60.8 Å². The van der Waals surface area contributed by atoms with Crippen LogP contribution in [0.4, 0.5) is 11.4 Å². The van der Waals surface area contributed by atoms with Crippen molar-refractivity contribution in [2.75, 3.05) is 20.0 Å². The SMILES string of the molecule is COC1=CCC(C=Nc2ccc(-c3ccc(N)cc3)cc2)(OC)C=C1. The minimum absolute atomic E-state index is 0.530. The van der Waals surface area contributed by atoms with Crippen LogP contribution < -0.4 is 5.73 Å². The molecule has 25 heavy (non-hydrogen) atoms. The molecular weight excluding hydrogens is 312 g/mol. The molecule has 0 aromatic heterocycles. The minimum atomic E-state index is -0.530. The number of ether oxygens (including phenoxy) is 2. The molecule has 2 aromatic carbocycles. The molecule has 0 saturated carbocycles. The molecule has 0 radical (unpaired) electrons. The van der Waals surface area contributed by atoms with E-state index in [0.717, 1.165) is 28.3 Å². The number of nitrogen functional groups attached to an aromatic ring is 1. The number of nitrogens with zero attached hydrogens (tertiary/aromatic N) is 1. The molecule has 0 spiro atoms. The fraction of sp³-hybridized carbons (Fsp3) is 0.190. The molecule has 0 amide bonds. The van der Waals surface area contributed by atoms with Gasteiger partial charge in [-0.2, -0.15) is 0 Å². The van der Waals surface area contributed by atoms with Crippen molar-refractivity contribution in [2.45, 2.75) is 12.0 Å². The average molecular weight is 334 g/mol. The van der Waals surface area contributed by atoms with Gasteiger partial charge >= 0.3 is 0 Å². The van der Waals surface area contributed by atoms with Crippen molar-refractivity contribution in [1.82, 2.24) is 0 Å². The average Bonchev–Trinajstić information content (AvgIpc) is 2.68. The quantitative estimate of drug-likeness (QED) is 0.646. The molecule has 1 unspecified atom stereocenters. The lowest BCUT2D eigenvalue weighted by atomic mass is 9.95. The van der Waals surface area contributed by atoms with Crippen molar-refractivity contribution in [2.24, 2.45) is 4.99 Å². The highest BCUT2D eigenvalue weighted by molar-refractivity contribution is 5.77. The van der Waals surface area contributed by atoms with E-state index < -0.39 is 5.60 Å². The van der Waals surface area contributed by atoms with Crippen LogP contribution in [0, 0.1) is 0 Å². The first-order valence-electron chi connectivity index (χ1n) is 8.14. The molecule has 0 saturated heterocycles. The van der Waals surface area contributed by atoms with Gasteiger partial charge in [0.15, 0.2) is 0 Å². The minimum Gasteiger partial charge on any atom is -0.497 e. The molecule has 0 aliphatic heterocycles. The normalized spacial score (nSPS) is 19.8. The predicted octanol–water partition coefficient (Wildman–Crippen LogP) is 4.51. The number of aliphatic imine (C=N–C) groups is 1. The van der Waals surface area contributed by atoms with Gasteiger partial charge in [0.05, 0.1) is 12.8 Å². The van der Waals surface area contributed by atoms with Gasteiger partial charge in [0.1, 0.15) is 11.4 Å². The van der Waals surface area contributed by atoms with Crippen molar-refractivity contribution in [3.05, 3.63) is 72.5 Å². The number of benzene rings is 2. The third-order valence-corrected chi connectivity index (χ3v) is 4.31. The number of nitrogens with two attached hydrogens (primary N) is 1. The number of hydrogen-bond acceptors (Lipinski definition) is 4. The largest absolute Gasteiger partial charge is 0.497 e. The fourth-order valence-corrected chi connectivity index (χ4v) is 2.67. The van der Waals surface area contributed by atoms with Crippen LogP contribution in [0.15, 0.2) is 77.5 Å². The third kappa shape index (κ3) is 3.98. The lowest BCUT2D eigenvalue weighted by molar-refractivity contribution is 0.0946. The van der Waals surface area contributed by atoms with Crippen LogP contribution in [0.2, 0.25) is 0 Å². The summed E-state index contributed by atoms with van der Waals surface area (Å²) in [6.07, 6.45) is 8.40. The molecule has 2 N–H and O–H groups in total. The predicted molar refractivity (Wildman–Crippen MR) is 103 cm³/mol. The van der Waals surface area contributed by atoms with Gasteiger partial charge in [-0.05, 0) is 53.6 Å². The summed E-state index contributed by atoms with van der Waals surface area (Å²) in [5.41, 5.74) is 9.11. The highest BCUT2D eigenvalue weighted by Crippen LogP contribution is 2.26. The van der Waals surface area contributed by atoms with Crippen LogP contribution in [0.25, 0.3) is 11.1 Å². The summed E-state index contributed by atoms with van der Waals surface area (Å²) in [5.74, 6) is 0.842. The van der Waals surface area contributed by atoms with Crippen LogP contribution in [-0.4, -0.2) is 26.0 Å². The van der Waals surface area contributed by atoms with Crippen LogP contribution in [0.3, 0.4) is 0 Å². The van der Waals surface area contributed by atoms with Crippen LogP contribution >= 0.6 is 0 Å². The van der Waals surface area contributed by atoms with Crippen molar-refractivity contribution >= 4 is 17.6 Å². The molecular formula is C21H22N2O2. The zero-order valence-corrected chi connectivity index (χ0v) is 14.5. The molecule has 2 aromatic rings. The summed E-state index contributed by atoms with van der Waals surface area (Å²) in [6.45, 7) is 0. The number of methoxy groups -OCH3 is 2. The topological polar surface area (TPSA) is 56.8 Å². The maximum Gasteiger partial charge on any atom is 0.125 e. The lowest BCUT2D eigenvalue weighted by Gasteiger charge is -2.26. The fourth-order valence-electron chi connectivity index (χ4n) is 2.67. The highest BCUT2D eigenvalue weighted by atomic mass is 16.5. The van der Waals surface area contributed by atoms with E-state index >= 15 is 0 Å². The summed E-state index contributed by atoms with van der Waals surface area (Å²) in [4.78, 5) is 4.58. The van der Waals surface area contributed by atoms with Crippen molar-refractivity contribution in [3.8, 4) is 11.1 Å². The summed E-state index contributed by atoms with van der Waals surface area (Å²) < 4.78 is 10.9. The number of allylic oxidation sites excluding steroid dienone is 1. The Bertz CT molecular complexity index is 805. The van der Waals surface area contributed by atoms with Gasteiger partial charge in [0.25, 0.3) is 0 Å². The number of anilines is 1. The molecule has 0 heterocycles. The maximum absolute atomic E-state index is 5.73. The second-order valence-corrected chi connectivity index (χ2v) is 5.93. The van der Waals surface area contributed by atoms with Crippen LogP contribution in [-0.2, 0) is 9.47 Å². The summed E-state index contributed by atoms with van der Waals surface area (Å²) in [7, 11) is 3.35. The van der Waals surface area contributed by atoms with E-state index in [4.69, 9.17) is 15.2 Å². The van der Waals surface area contributed by atoms with E-state index in [0.29, 0.717) is 6.42 Å². The van der Waals surface area contributed by atoms with Gasteiger partial charge in [-0.3, -0.25) is 4.99 Å². The molecule has 1 aliphatic carbocycles. The van der Waals surface area contributed by atoms with Gasteiger partial charge < -0.3 is 15.2 Å². The van der Waals surface area contributed by atoms with Crippen molar-refractivity contribution < 1.29 is 9.47 Å². The van der Waals surface area contributed by atoms with Crippen LogP contribution in [0.1, 0.15) is 6.42 Å². The smallest absolute Gasteiger partial charge is 0.125 e. The Hall–Kier alpha value is -2.85. The Morgan fingerprint density at radius 1 is 1.00 bits per heavy atom.